The topological polar surface area (TPSA) is 153 Å². The minimum absolute atomic E-state index is 0.0712. The number of carboxylic acids is 1. The van der Waals surface area contributed by atoms with E-state index < -0.39 is 35.9 Å². The molecular formula is C22H32N4O7. The van der Waals surface area contributed by atoms with Crippen molar-refractivity contribution in [2.45, 2.75) is 88.8 Å². The van der Waals surface area contributed by atoms with Crippen LogP contribution in [0.3, 0.4) is 0 Å². The van der Waals surface area contributed by atoms with E-state index in [4.69, 9.17) is 5.11 Å². The summed E-state index contributed by atoms with van der Waals surface area (Å²) in [6, 6.07) is -2.94. The van der Waals surface area contributed by atoms with Crippen LogP contribution in [0.15, 0.2) is 0 Å². The van der Waals surface area contributed by atoms with E-state index in [2.05, 4.69) is 10.6 Å². The number of aliphatic carboxylic acids is 1. The number of fused-ring (bicyclic) bond motifs is 1. The molecule has 0 aromatic carbocycles. The second-order valence-electron chi connectivity index (χ2n) is 8.98. The number of rotatable bonds is 8. The highest BCUT2D eigenvalue weighted by Crippen LogP contribution is 2.27. The van der Waals surface area contributed by atoms with Crippen molar-refractivity contribution in [2.75, 3.05) is 6.54 Å². The summed E-state index contributed by atoms with van der Waals surface area (Å²) in [5.41, 5.74) is 0. The molecule has 33 heavy (non-hydrogen) atoms. The fourth-order valence-electron chi connectivity index (χ4n) is 4.79. The molecule has 3 rings (SSSR count). The van der Waals surface area contributed by atoms with Gasteiger partial charge in [-0.3, -0.25) is 29.0 Å². The van der Waals surface area contributed by atoms with Crippen LogP contribution in [0, 0.1) is 5.92 Å². The van der Waals surface area contributed by atoms with Crippen LogP contribution < -0.4 is 10.6 Å². The van der Waals surface area contributed by atoms with Crippen LogP contribution in [0.2, 0.25) is 0 Å². The Kier molecular flexibility index (Phi) is 8.40. The van der Waals surface area contributed by atoms with E-state index in [9.17, 15) is 28.8 Å². The van der Waals surface area contributed by atoms with Crippen LogP contribution in [0.4, 0.5) is 0 Å². The maximum absolute atomic E-state index is 13.4. The lowest BCUT2D eigenvalue weighted by molar-refractivity contribution is -0.176. The maximum Gasteiger partial charge on any atom is 0.303 e. The number of hydrazine groups is 1. The van der Waals surface area contributed by atoms with Gasteiger partial charge in [-0.05, 0) is 38.5 Å². The number of aldehydes is 1. The van der Waals surface area contributed by atoms with E-state index in [1.54, 1.807) is 0 Å². The van der Waals surface area contributed by atoms with E-state index in [0.717, 1.165) is 37.1 Å². The van der Waals surface area contributed by atoms with Gasteiger partial charge in [0, 0.05) is 25.3 Å². The van der Waals surface area contributed by atoms with Crippen molar-refractivity contribution in [1.29, 1.82) is 0 Å². The normalized spacial score (nSPS) is 25.0. The summed E-state index contributed by atoms with van der Waals surface area (Å²) in [5.74, 6) is -2.87. The molecule has 0 aromatic heterocycles. The summed E-state index contributed by atoms with van der Waals surface area (Å²) in [4.78, 5) is 74.0. The van der Waals surface area contributed by atoms with Gasteiger partial charge in [0.15, 0.2) is 0 Å². The van der Waals surface area contributed by atoms with Crippen molar-refractivity contribution in [3.05, 3.63) is 0 Å². The molecule has 0 aromatic rings. The summed E-state index contributed by atoms with van der Waals surface area (Å²) in [5, 5.41) is 16.5. The molecule has 0 spiro atoms. The Hall–Kier alpha value is -2.98. The Morgan fingerprint density at radius 1 is 1.03 bits per heavy atom. The number of hydrogen-bond acceptors (Lipinski definition) is 6. The van der Waals surface area contributed by atoms with Gasteiger partial charge in [0.05, 0.1) is 6.04 Å². The highest BCUT2D eigenvalue weighted by Gasteiger charge is 2.45. The summed E-state index contributed by atoms with van der Waals surface area (Å²) in [7, 11) is 0. The van der Waals surface area contributed by atoms with E-state index >= 15 is 0 Å². The minimum Gasteiger partial charge on any atom is -0.481 e. The monoisotopic (exact) mass is 464 g/mol. The molecular weight excluding hydrogens is 432 g/mol. The summed E-state index contributed by atoms with van der Waals surface area (Å²) in [6.45, 7) is 0.285. The van der Waals surface area contributed by atoms with Gasteiger partial charge >= 0.3 is 5.97 Å². The van der Waals surface area contributed by atoms with E-state index in [1.807, 2.05) is 0 Å². The molecule has 3 aliphatic rings. The molecule has 2 heterocycles. The average molecular weight is 465 g/mol. The highest BCUT2D eigenvalue weighted by atomic mass is 16.4. The third-order valence-electron chi connectivity index (χ3n) is 6.62. The Morgan fingerprint density at radius 3 is 2.42 bits per heavy atom. The molecule has 0 radical (unpaired) electrons. The van der Waals surface area contributed by atoms with Gasteiger partial charge in [0.2, 0.25) is 17.7 Å². The van der Waals surface area contributed by atoms with E-state index in [0.29, 0.717) is 12.7 Å². The van der Waals surface area contributed by atoms with E-state index in [-0.39, 0.29) is 56.4 Å². The summed E-state index contributed by atoms with van der Waals surface area (Å²) < 4.78 is 0. The van der Waals surface area contributed by atoms with Crippen LogP contribution in [-0.4, -0.2) is 75.7 Å². The highest BCUT2D eigenvalue weighted by molar-refractivity contribution is 5.96. The van der Waals surface area contributed by atoms with Crippen molar-refractivity contribution in [1.82, 2.24) is 20.7 Å². The van der Waals surface area contributed by atoms with Crippen LogP contribution in [0.25, 0.3) is 0 Å². The van der Waals surface area contributed by atoms with Gasteiger partial charge in [0.1, 0.15) is 18.4 Å². The van der Waals surface area contributed by atoms with Crippen LogP contribution >= 0.6 is 0 Å². The lowest BCUT2D eigenvalue weighted by Crippen LogP contribution is -2.64. The molecule has 0 bridgehead atoms. The lowest BCUT2D eigenvalue weighted by Gasteiger charge is -2.43. The quantitative estimate of drug-likeness (QED) is 0.432. The molecule has 11 nitrogen and oxygen atoms in total. The van der Waals surface area contributed by atoms with Crippen molar-refractivity contribution in [3.8, 4) is 0 Å². The van der Waals surface area contributed by atoms with Crippen LogP contribution in [0.5, 0.6) is 0 Å². The maximum atomic E-state index is 13.4. The molecule has 11 heteroatoms. The van der Waals surface area contributed by atoms with Crippen LogP contribution in [-0.2, 0) is 28.8 Å². The number of amides is 4. The molecule has 3 N–H and O–H groups in total. The van der Waals surface area contributed by atoms with Crippen molar-refractivity contribution < 1.29 is 33.9 Å². The minimum atomic E-state index is -1.09. The predicted octanol–water partition coefficient (Wildman–Crippen LogP) is 0.128. The van der Waals surface area contributed by atoms with Gasteiger partial charge in [-0.15, -0.1) is 0 Å². The number of carboxylic acid groups (broad SMARTS) is 1. The Balaban J connectivity index is 1.73. The first-order valence-electron chi connectivity index (χ1n) is 11.7. The molecule has 1 saturated carbocycles. The molecule has 1 aliphatic carbocycles. The zero-order chi connectivity index (χ0) is 24.0. The number of nitrogens with zero attached hydrogens (tertiary/aromatic N) is 2. The smallest absolute Gasteiger partial charge is 0.303 e. The van der Waals surface area contributed by atoms with Crippen molar-refractivity contribution in [2.24, 2.45) is 5.92 Å². The molecule has 182 valence electrons. The molecule has 3 atom stereocenters. The molecule has 2 aliphatic heterocycles. The number of hydrogen-bond donors (Lipinski definition) is 3. The Bertz CT molecular complexity index is 796. The Morgan fingerprint density at radius 2 is 1.76 bits per heavy atom. The third kappa shape index (κ3) is 6.08. The predicted molar refractivity (Wildman–Crippen MR) is 114 cm³/mol. The van der Waals surface area contributed by atoms with Gasteiger partial charge in [-0.25, -0.2) is 5.01 Å². The number of carbonyl (C=O) groups is 6. The summed E-state index contributed by atoms with van der Waals surface area (Å²) in [6.07, 6.45) is 5.68. The average Bonchev–Trinajstić information content (AvgIpc) is 2.94. The second kappa shape index (κ2) is 11.2. The second-order valence-corrected chi connectivity index (χ2v) is 8.98. The van der Waals surface area contributed by atoms with Crippen molar-refractivity contribution >= 4 is 35.9 Å². The number of carbonyl (C=O) groups excluding carboxylic acids is 5. The summed E-state index contributed by atoms with van der Waals surface area (Å²) >= 11 is 0. The van der Waals surface area contributed by atoms with E-state index in [1.165, 1.54) is 5.01 Å². The zero-order valence-corrected chi connectivity index (χ0v) is 18.7. The van der Waals surface area contributed by atoms with Gasteiger partial charge in [-0.2, -0.15) is 0 Å². The SMILES string of the molecule is O=C[C@H](CCC(=O)O)NC(=O)[C@@H]1CCCN2C(=O)CC[C@H](NC(=O)C3CCCCC3)C(=O)N12. The Labute approximate surface area is 192 Å². The number of nitrogens with one attached hydrogen (secondary N) is 2. The third-order valence-corrected chi connectivity index (χ3v) is 6.62. The largest absolute Gasteiger partial charge is 0.481 e. The first-order chi connectivity index (χ1) is 15.8. The zero-order valence-electron chi connectivity index (χ0n) is 18.7. The fourth-order valence-corrected chi connectivity index (χ4v) is 4.79. The molecule has 0 unspecified atom stereocenters. The van der Waals surface area contributed by atoms with Crippen molar-refractivity contribution in [3.63, 3.8) is 0 Å². The van der Waals surface area contributed by atoms with Gasteiger partial charge in [-0.1, -0.05) is 19.3 Å². The van der Waals surface area contributed by atoms with Crippen LogP contribution in [0.1, 0.15) is 70.6 Å². The molecule has 2 saturated heterocycles. The lowest BCUT2D eigenvalue weighted by atomic mass is 9.88. The first-order valence-corrected chi connectivity index (χ1v) is 11.7. The fraction of sp³-hybridized carbons (Fsp3) is 0.727. The standard InChI is InChI=1S/C22H32N4O7/c27-13-15(8-11-19(29)30)23-21(32)17-7-4-12-25-18(28)10-9-16(22(33)26(17)25)24-20(31)14-5-2-1-3-6-14/h13-17H,1-12H2,(H,23,32)(H,24,31)(H,29,30)/t15-,16-,17-/m0/s1. The van der Waals surface area contributed by atoms with Gasteiger partial charge < -0.3 is 20.5 Å². The molecule has 3 fully saturated rings. The molecule has 4 amide bonds. The first kappa shape index (κ1) is 24.7. The van der Waals surface area contributed by atoms with Gasteiger partial charge in [0.25, 0.3) is 5.91 Å².